The standard InChI is InChI=1S/C18H19N3O4/c1-12-6-8-13(9-7-12)20-16(22)11-19-17(23)18(24)21-14-4-3-5-15(10-14)25-2/h3-10H,11H2,1-2H3,(H,19,23)(H,20,22)(H,21,24). The summed E-state index contributed by atoms with van der Waals surface area (Å²) in [6, 6.07) is 13.8. The van der Waals surface area contributed by atoms with Gasteiger partial charge in [0.2, 0.25) is 5.91 Å². The van der Waals surface area contributed by atoms with Crippen molar-refractivity contribution in [1.29, 1.82) is 0 Å². The number of rotatable bonds is 5. The molecule has 7 heteroatoms. The highest BCUT2D eigenvalue weighted by Gasteiger charge is 2.15. The lowest BCUT2D eigenvalue weighted by Crippen LogP contribution is -2.39. The van der Waals surface area contributed by atoms with Crippen molar-refractivity contribution < 1.29 is 19.1 Å². The molecule has 0 saturated carbocycles. The van der Waals surface area contributed by atoms with E-state index in [9.17, 15) is 14.4 Å². The molecule has 7 nitrogen and oxygen atoms in total. The Kier molecular flexibility index (Phi) is 6.11. The second-order valence-corrected chi connectivity index (χ2v) is 5.28. The second-order valence-electron chi connectivity index (χ2n) is 5.28. The Morgan fingerprint density at radius 1 is 0.920 bits per heavy atom. The highest BCUT2D eigenvalue weighted by atomic mass is 16.5. The molecule has 0 bridgehead atoms. The Hall–Kier alpha value is -3.35. The third-order valence-electron chi connectivity index (χ3n) is 3.28. The van der Waals surface area contributed by atoms with E-state index in [0.717, 1.165) is 5.56 Å². The van der Waals surface area contributed by atoms with Gasteiger partial charge in [-0.3, -0.25) is 14.4 Å². The number of hydrogen-bond acceptors (Lipinski definition) is 4. The van der Waals surface area contributed by atoms with Gasteiger partial charge in [0.05, 0.1) is 13.7 Å². The van der Waals surface area contributed by atoms with Crippen LogP contribution in [-0.4, -0.2) is 31.4 Å². The van der Waals surface area contributed by atoms with E-state index in [2.05, 4.69) is 16.0 Å². The van der Waals surface area contributed by atoms with Crippen molar-refractivity contribution in [2.45, 2.75) is 6.92 Å². The molecule has 0 aliphatic rings. The van der Waals surface area contributed by atoms with Crippen molar-refractivity contribution in [2.24, 2.45) is 0 Å². The number of anilines is 2. The van der Waals surface area contributed by atoms with Crippen LogP contribution in [0.25, 0.3) is 0 Å². The molecule has 2 aromatic rings. The first-order chi connectivity index (χ1) is 12.0. The average molecular weight is 341 g/mol. The summed E-state index contributed by atoms with van der Waals surface area (Å²) in [5.74, 6) is -1.64. The average Bonchev–Trinajstić information content (AvgIpc) is 2.61. The lowest BCUT2D eigenvalue weighted by molar-refractivity contribution is -0.136. The van der Waals surface area contributed by atoms with E-state index in [1.165, 1.54) is 7.11 Å². The van der Waals surface area contributed by atoms with E-state index >= 15 is 0 Å². The number of benzene rings is 2. The van der Waals surface area contributed by atoms with Gasteiger partial charge in [-0.05, 0) is 31.2 Å². The molecule has 130 valence electrons. The zero-order valence-corrected chi connectivity index (χ0v) is 14.0. The summed E-state index contributed by atoms with van der Waals surface area (Å²) in [6.07, 6.45) is 0. The Labute approximate surface area is 145 Å². The number of amides is 3. The molecule has 3 amide bonds. The quantitative estimate of drug-likeness (QED) is 0.721. The van der Waals surface area contributed by atoms with Crippen molar-refractivity contribution in [2.75, 3.05) is 24.3 Å². The van der Waals surface area contributed by atoms with E-state index in [1.54, 1.807) is 36.4 Å². The molecular weight excluding hydrogens is 322 g/mol. The van der Waals surface area contributed by atoms with E-state index in [4.69, 9.17) is 4.74 Å². The van der Waals surface area contributed by atoms with E-state index < -0.39 is 17.7 Å². The summed E-state index contributed by atoms with van der Waals surface area (Å²) in [4.78, 5) is 35.4. The van der Waals surface area contributed by atoms with Gasteiger partial charge in [0.15, 0.2) is 0 Å². The Bertz CT molecular complexity index is 772. The van der Waals surface area contributed by atoms with Crippen LogP contribution in [0.1, 0.15) is 5.56 Å². The summed E-state index contributed by atoms with van der Waals surface area (Å²) >= 11 is 0. The Morgan fingerprint density at radius 3 is 2.32 bits per heavy atom. The SMILES string of the molecule is COc1cccc(NC(=O)C(=O)NCC(=O)Nc2ccc(C)cc2)c1. The molecule has 25 heavy (non-hydrogen) atoms. The molecule has 2 rings (SSSR count). The topological polar surface area (TPSA) is 96.5 Å². The van der Waals surface area contributed by atoms with Crippen LogP contribution < -0.4 is 20.7 Å². The van der Waals surface area contributed by atoms with Crippen LogP contribution in [0.2, 0.25) is 0 Å². The molecular formula is C18H19N3O4. The van der Waals surface area contributed by atoms with Crippen LogP contribution in [0.5, 0.6) is 5.75 Å². The molecule has 0 radical (unpaired) electrons. The van der Waals surface area contributed by atoms with Crippen LogP contribution >= 0.6 is 0 Å². The molecule has 0 atom stereocenters. The zero-order chi connectivity index (χ0) is 18.2. The molecule has 3 N–H and O–H groups in total. The molecule has 0 aliphatic carbocycles. The van der Waals surface area contributed by atoms with Gasteiger partial charge < -0.3 is 20.7 Å². The minimum Gasteiger partial charge on any atom is -0.497 e. The van der Waals surface area contributed by atoms with Crippen LogP contribution in [0, 0.1) is 6.92 Å². The summed E-state index contributed by atoms with van der Waals surface area (Å²) < 4.78 is 5.04. The van der Waals surface area contributed by atoms with Crippen LogP contribution in [0.4, 0.5) is 11.4 Å². The van der Waals surface area contributed by atoms with E-state index in [-0.39, 0.29) is 6.54 Å². The van der Waals surface area contributed by atoms with Gasteiger partial charge in [0.1, 0.15) is 5.75 Å². The van der Waals surface area contributed by atoms with Crippen molar-refractivity contribution in [3.8, 4) is 5.75 Å². The number of carbonyl (C=O) groups is 3. The van der Waals surface area contributed by atoms with E-state index in [1.807, 2.05) is 19.1 Å². The van der Waals surface area contributed by atoms with Crippen molar-refractivity contribution in [3.05, 3.63) is 54.1 Å². The summed E-state index contributed by atoms with van der Waals surface area (Å²) in [5, 5.41) is 7.33. The number of nitrogens with one attached hydrogen (secondary N) is 3. The molecule has 0 heterocycles. The minimum absolute atomic E-state index is 0.307. The number of ether oxygens (including phenoxy) is 1. The zero-order valence-electron chi connectivity index (χ0n) is 14.0. The number of methoxy groups -OCH3 is 1. The lowest BCUT2D eigenvalue weighted by Gasteiger charge is -2.08. The largest absolute Gasteiger partial charge is 0.497 e. The highest BCUT2D eigenvalue weighted by molar-refractivity contribution is 6.39. The molecule has 0 fully saturated rings. The molecule has 0 spiro atoms. The number of carbonyl (C=O) groups excluding carboxylic acids is 3. The van der Waals surface area contributed by atoms with Gasteiger partial charge in [-0.2, -0.15) is 0 Å². The fourth-order valence-electron chi connectivity index (χ4n) is 1.97. The first-order valence-electron chi connectivity index (χ1n) is 7.57. The predicted octanol–water partition coefficient (Wildman–Crippen LogP) is 1.70. The lowest BCUT2D eigenvalue weighted by atomic mass is 10.2. The fourth-order valence-corrected chi connectivity index (χ4v) is 1.97. The Balaban J connectivity index is 1.81. The fraction of sp³-hybridized carbons (Fsp3) is 0.167. The summed E-state index contributed by atoms with van der Waals surface area (Å²) in [6.45, 7) is 1.63. The van der Waals surface area contributed by atoms with Gasteiger partial charge in [-0.25, -0.2) is 0 Å². The normalized spacial score (nSPS) is 9.84. The van der Waals surface area contributed by atoms with Gasteiger partial charge >= 0.3 is 11.8 Å². The maximum atomic E-state index is 11.8. The van der Waals surface area contributed by atoms with Crippen molar-refractivity contribution in [1.82, 2.24) is 5.32 Å². The maximum absolute atomic E-state index is 11.8. The minimum atomic E-state index is -0.901. The monoisotopic (exact) mass is 341 g/mol. The molecule has 0 saturated heterocycles. The summed E-state index contributed by atoms with van der Waals surface area (Å²) in [7, 11) is 1.50. The van der Waals surface area contributed by atoms with Gasteiger partial charge in [0.25, 0.3) is 0 Å². The molecule has 2 aromatic carbocycles. The number of aryl methyl sites for hydroxylation is 1. The van der Waals surface area contributed by atoms with Crippen LogP contribution in [0.15, 0.2) is 48.5 Å². The first-order valence-corrected chi connectivity index (χ1v) is 7.57. The molecule has 0 aliphatic heterocycles. The smallest absolute Gasteiger partial charge is 0.313 e. The van der Waals surface area contributed by atoms with Gasteiger partial charge in [-0.1, -0.05) is 23.8 Å². The third-order valence-corrected chi connectivity index (χ3v) is 3.28. The van der Waals surface area contributed by atoms with Gasteiger partial charge in [0, 0.05) is 17.4 Å². The first kappa shape index (κ1) is 18.0. The van der Waals surface area contributed by atoms with Crippen molar-refractivity contribution >= 4 is 29.1 Å². The predicted molar refractivity (Wildman–Crippen MR) is 94.4 cm³/mol. The van der Waals surface area contributed by atoms with Crippen molar-refractivity contribution in [3.63, 3.8) is 0 Å². The van der Waals surface area contributed by atoms with E-state index in [0.29, 0.717) is 17.1 Å². The van der Waals surface area contributed by atoms with Gasteiger partial charge in [-0.15, -0.1) is 0 Å². The molecule has 0 aromatic heterocycles. The van der Waals surface area contributed by atoms with Crippen LogP contribution in [0.3, 0.4) is 0 Å². The Morgan fingerprint density at radius 2 is 1.64 bits per heavy atom. The number of hydrogen-bond donors (Lipinski definition) is 3. The summed E-state index contributed by atoms with van der Waals surface area (Å²) in [5.41, 5.74) is 2.11. The maximum Gasteiger partial charge on any atom is 0.313 e. The highest BCUT2D eigenvalue weighted by Crippen LogP contribution is 2.16. The molecule has 0 unspecified atom stereocenters. The third kappa shape index (κ3) is 5.65. The van der Waals surface area contributed by atoms with Crippen LogP contribution in [-0.2, 0) is 14.4 Å². The second kappa shape index (κ2) is 8.49.